The summed E-state index contributed by atoms with van der Waals surface area (Å²) in [5.41, 5.74) is 1.30. The number of carbonyl (C=O) groups excluding carboxylic acids is 1. The standard InChI is InChI=1S/C21H22F3N7O/c1-12-5-7-15(19(27-12)17-11-26-30-29-17)20(32)31-9-3-4-16(13(31)2)28-18-8-6-14(10-25-18)21(22,23)24/h5-8,10-11,13,16H,3-4,9H2,1-2H3,(H,25,28)(H,26,29,30)/t13-,16+/m0/s1. The zero-order valence-corrected chi connectivity index (χ0v) is 17.5. The third-order valence-electron chi connectivity index (χ3n) is 5.60. The molecule has 0 radical (unpaired) electrons. The first kappa shape index (κ1) is 21.7. The maximum Gasteiger partial charge on any atom is 0.417 e. The molecule has 0 spiro atoms. The summed E-state index contributed by atoms with van der Waals surface area (Å²) in [4.78, 5) is 23.6. The molecule has 4 rings (SSSR count). The fourth-order valence-electron chi connectivity index (χ4n) is 3.85. The summed E-state index contributed by atoms with van der Waals surface area (Å²) in [5, 5.41) is 13.6. The van der Waals surface area contributed by atoms with Gasteiger partial charge in [-0.3, -0.25) is 9.78 Å². The first-order chi connectivity index (χ1) is 15.2. The summed E-state index contributed by atoms with van der Waals surface area (Å²) in [5.74, 6) is 0.152. The number of amides is 1. The Kier molecular flexibility index (Phi) is 5.81. The first-order valence-electron chi connectivity index (χ1n) is 10.2. The number of nitrogens with zero attached hydrogens (tertiary/aromatic N) is 5. The Hall–Kier alpha value is -3.50. The van der Waals surface area contributed by atoms with Crippen molar-refractivity contribution in [3.8, 4) is 11.4 Å². The Morgan fingerprint density at radius 1 is 1.22 bits per heavy atom. The summed E-state index contributed by atoms with van der Waals surface area (Å²) in [6, 6.07) is 5.43. The highest BCUT2D eigenvalue weighted by Gasteiger charge is 2.34. The number of pyridine rings is 2. The quantitative estimate of drug-likeness (QED) is 0.635. The van der Waals surface area contributed by atoms with Crippen molar-refractivity contribution in [1.29, 1.82) is 0 Å². The lowest BCUT2D eigenvalue weighted by Crippen LogP contribution is -2.52. The van der Waals surface area contributed by atoms with Gasteiger partial charge in [-0.15, -0.1) is 0 Å². The summed E-state index contributed by atoms with van der Waals surface area (Å²) in [7, 11) is 0. The zero-order chi connectivity index (χ0) is 22.9. The van der Waals surface area contributed by atoms with Gasteiger partial charge < -0.3 is 10.2 Å². The van der Waals surface area contributed by atoms with E-state index in [0.717, 1.165) is 30.8 Å². The highest BCUT2D eigenvalue weighted by molar-refractivity contribution is 5.99. The fraction of sp³-hybridized carbons (Fsp3) is 0.381. The third-order valence-corrected chi connectivity index (χ3v) is 5.60. The molecule has 1 aliphatic rings. The minimum Gasteiger partial charge on any atom is -0.365 e. The lowest BCUT2D eigenvalue weighted by Gasteiger charge is -2.40. The van der Waals surface area contributed by atoms with Crippen molar-refractivity contribution in [2.45, 2.75) is 44.9 Å². The molecule has 1 aliphatic heterocycles. The van der Waals surface area contributed by atoms with Gasteiger partial charge in [0, 0.05) is 30.5 Å². The van der Waals surface area contributed by atoms with Crippen LogP contribution in [0.15, 0.2) is 36.7 Å². The van der Waals surface area contributed by atoms with Gasteiger partial charge >= 0.3 is 6.18 Å². The zero-order valence-electron chi connectivity index (χ0n) is 17.5. The summed E-state index contributed by atoms with van der Waals surface area (Å²) in [6.45, 7) is 4.30. The predicted molar refractivity (Wildman–Crippen MR) is 111 cm³/mol. The topological polar surface area (TPSA) is 99.7 Å². The minimum atomic E-state index is -4.43. The molecule has 168 valence electrons. The molecule has 32 heavy (non-hydrogen) atoms. The van der Waals surface area contributed by atoms with Gasteiger partial charge in [0.1, 0.15) is 17.2 Å². The van der Waals surface area contributed by atoms with Crippen LogP contribution in [0.25, 0.3) is 11.4 Å². The van der Waals surface area contributed by atoms with Gasteiger partial charge in [-0.05, 0) is 51.0 Å². The third kappa shape index (κ3) is 4.41. The second-order valence-electron chi connectivity index (χ2n) is 7.77. The monoisotopic (exact) mass is 445 g/mol. The van der Waals surface area contributed by atoms with Gasteiger partial charge in [-0.1, -0.05) is 0 Å². The van der Waals surface area contributed by atoms with E-state index in [2.05, 4.69) is 30.7 Å². The molecule has 3 aromatic rings. The van der Waals surface area contributed by atoms with Gasteiger partial charge in [0.05, 0.1) is 17.3 Å². The highest BCUT2D eigenvalue weighted by Crippen LogP contribution is 2.30. The van der Waals surface area contributed by atoms with Crippen molar-refractivity contribution >= 4 is 11.7 Å². The largest absolute Gasteiger partial charge is 0.417 e. The van der Waals surface area contributed by atoms with Crippen molar-refractivity contribution in [3.05, 3.63) is 53.5 Å². The van der Waals surface area contributed by atoms with E-state index in [9.17, 15) is 18.0 Å². The van der Waals surface area contributed by atoms with E-state index in [0.29, 0.717) is 29.3 Å². The molecule has 8 nitrogen and oxygen atoms in total. The minimum absolute atomic E-state index is 0.161. The van der Waals surface area contributed by atoms with Crippen LogP contribution < -0.4 is 5.32 Å². The molecule has 1 saturated heterocycles. The molecule has 0 saturated carbocycles. The second kappa shape index (κ2) is 8.56. The number of piperidine rings is 1. The van der Waals surface area contributed by atoms with Crippen molar-refractivity contribution in [2.75, 3.05) is 11.9 Å². The van der Waals surface area contributed by atoms with Gasteiger partial charge in [-0.2, -0.15) is 28.6 Å². The number of rotatable bonds is 4. The van der Waals surface area contributed by atoms with Crippen LogP contribution >= 0.6 is 0 Å². The lowest BCUT2D eigenvalue weighted by molar-refractivity contribution is -0.137. The van der Waals surface area contributed by atoms with Gasteiger partial charge in [0.25, 0.3) is 5.91 Å². The van der Waals surface area contributed by atoms with E-state index >= 15 is 0 Å². The number of aromatic nitrogens is 5. The maximum absolute atomic E-state index is 13.4. The van der Waals surface area contributed by atoms with E-state index in [1.807, 2.05) is 13.8 Å². The number of hydrogen-bond acceptors (Lipinski definition) is 6. The van der Waals surface area contributed by atoms with E-state index < -0.39 is 11.7 Å². The number of aryl methyl sites for hydroxylation is 1. The van der Waals surface area contributed by atoms with Crippen molar-refractivity contribution < 1.29 is 18.0 Å². The Morgan fingerprint density at radius 2 is 2.03 bits per heavy atom. The molecule has 11 heteroatoms. The van der Waals surface area contributed by atoms with Crippen LogP contribution in [0.5, 0.6) is 0 Å². The molecular formula is C21H22F3N7O. The van der Waals surface area contributed by atoms with Crippen LogP contribution in [-0.2, 0) is 6.18 Å². The molecule has 1 fully saturated rings. The molecule has 0 bridgehead atoms. The number of hydrogen-bond donors (Lipinski definition) is 2. The molecule has 0 aromatic carbocycles. The van der Waals surface area contributed by atoms with Gasteiger partial charge in [-0.25, -0.2) is 4.98 Å². The normalized spacial score (nSPS) is 19.1. The summed E-state index contributed by atoms with van der Waals surface area (Å²) in [6.07, 6.45) is -0.612. The molecule has 2 atom stereocenters. The van der Waals surface area contributed by atoms with Crippen molar-refractivity contribution in [3.63, 3.8) is 0 Å². The molecule has 0 unspecified atom stereocenters. The first-order valence-corrected chi connectivity index (χ1v) is 10.2. The average molecular weight is 445 g/mol. The van der Waals surface area contributed by atoms with Crippen molar-refractivity contribution in [2.24, 2.45) is 0 Å². The molecule has 4 heterocycles. The number of aromatic amines is 1. The van der Waals surface area contributed by atoms with E-state index in [1.54, 1.807) is 17.0 Å². The Labute approximate surface area is 182 Å². The number of halogens is 3. The van der Waals surface area contributed by atoms with E-state index in [4.69, 9.17) is 0 Å². The molecule has 3 aromatic heterocycles. The number of H-pyrrole nitrogens is 1. The summed E-state index contributed by atoms with van der Waals surface area (Å²) < 4.78 is 38.3. The van der Waals surface area contributed by atoms with Crippen molar-refractivity contribution in [1.82, 2.24) is 30.3 Å². The van der Waals surface area contributed by atoms with Crippen LogP contribution in [0.4, 0.5) is 19.0 Å². The Bertz CT molecular complexity index is 1080. The van der Waals surface area contributed by atoms with Crippen LogP contribution in [0.3, 0.4) is 0 Å². The second-order valence-corrected chi connectivity index (χ2v) is 7.77. The number of likely N-dealkylation sites (tertiary alicyclic amines) is 1. The highest BCUT2D eigenvalue weighted by atomic mass is 19.4. The fourth-order valence-corrected chi connectivity index (χ4v) is 3.85. The molecular weight excluding hydrogens is 423 g/mol. The number of anilines is 1. The predicted octanol–water partition coefficient (Wildman–Crippen LogP) is 3.69. The Balaban J connectivity index is 1.54. The van der Waals surface area contributed by atoms with Crippen LogP contribution in [0.2, 0.25) is 0 Å². The molecule has 1 amide bonds. The average Bonchev–Trinajstić information content (AvgIpc) is 3.29. The van der Waals surface area contributed by atoms with Crippen LogP contribution in [-0.4, -0.2) is 54.8 Å². The number of alkyl halides is 3. The van der Waals surface area contributed by atoms with E-state index in [-0.39, 0.29) is 18.0 Å². The number of nitrogens with one attached hydrogen (secondary N) is 2. The maximum atomic E-state index is 13.4. The van der Waals surface area contributed by atoms with Gasteiger partial charge in [0.15, 0.2) is 0 Å². The summed E-state index contributed by atoms with van der Waals surface area (Å²) >= 11 is 0. The Morgan fingerprint density at radius 3 is 2.69 bits per heavy atom. The van der Waals surface area contributed by atoms with Crippen LogP contribution in [0.1, 0.15) is 41.4 Å². The van der Waals surface area contributed by atoms with Crippen LogP contribution in [0, 0.1) is 6.92 Å². The molecule has 2 N–H and O–H groups in total. The van der Waals surface area contributed by atoms with E-state index in [1.165, 1.54) is 12.3 Å². The SMILES string of the molecule is Cc1ccc(C(=O)N2CCC[C@@H](Nc3ccc(C(F)(F)F)cn3)[C@@H]2C)c(-c2cn[nH]n2)n1. The number of carbonyl (C=O) groups is 1. The molecule has 0 aliphatic carbocycles. The van der Waals surface area contributed by atoms with Gasteiger partial charge in [0.2, 0.25) is 0 Å². The smallest absolute Gasteiger partial charge is 0.365 e. The lowest BCUT2D eigenvalue weighted by atomic mass is 9.96.